The molecule has 0 aliphatic rings. The molecule has 2 aromatic rings. The van der Waals surface area contributed by atoms with Crippen LogP contribution in [0.4, 0.5) is 5.69 Å². The number of ether oxygens (including phenoxy) is 1. The Labute approximate surface area is 113 Å². The molecule has 0 atom stereocenters. The van der Waals surface area contributed by atoms with Crippen molar-refractivity contribution in [2.24, 2.45) is 0 Å². The molecule has 7 nitrogen and oxygen atoms in total. The number of thiazole rings is 1. The average Bonchev–Trinajstić information content (AvgIpc) is 2.70. The van der Waals surface area contributed by atoms with Gasteiger partial charge in [0.1, 0.15) is 0 Å². The molecule has 9 heteroatoms. The minimum atomic E-state index is -3.79. The number of sulfonamides is 1. The SMILES string of the molecule is COc1ccc(NS(=O)(=O)c2sc(=O)[nH]c2C)cn1. The molecule has 2 N–H and O–H groups in total. The van der Waals surface area contributed by atoms with Crippen molar-refractivity contribution in [1.29, 1.82) is 0 Å². The molecule has 0 bridgehead atoms. The number of nitrogens with zero attached hydrogens (tertiary/aromatic N) is 1. The highest BCUT2D eigenvalue weighted by Gasteiger charge is 2.20. The summed E-state index contributed by atoms with van der Waals surface area (Å²) >= 11 is 0.642. The van der Waals surface area contributed by atoms with Gasteiger partial charge in [0.2, 0.25) is 5.88 Å². The number of anilines is 1. The third kappa shape index (κ3) is 2.93. The molecule has 2 aromatic heterocycles. The third-order valence-corrected chi connectivity index (χ3v) is 5.21. The van der Waals surface area contributed by atoms with E-state index in [1.165, 1.54) is 32.4 Å². The number of aryl methyl sites for hydroxylation is 1. The van der Waals surface area contributed by atoms with E-state index in [0.717, 1.165) is 0 Å². The Hall–Kier alpha value is -1.87. The molecule has 0 radical (unpaired) electrons. The Bertz CT molecular complexity index is 731. The van der Waals surface area contributed by atoms with E-state index in [-0.39, 0.29) is 4.21 Å². The average molecular weight is 301 g/mol. The normalized spacial score (nSPS) is 11.3. The van der Waals surface area contributed by atoms with E-state index in [9.17, 15) is 13.2 Å². The number of hydrogen-bond acceptors (Lipinski definition) is 6. The molecule has 2 rings (SSSR count). The van der Waals surface area contributed by atoms with Gasteiger partial charge < -0.3 is 9.72 Å². The molecule has 0 aliphatic carbocycles. The first kappa shape index (κ1) is 13.6. The summed E-state index contributed by atoms with van der Waals surface area (Å²) in [7, 11) is -2.32. The van der Waals surface area contributed by atoms with Crippen LogP contribution < -0.4 is 14.3 Å². The zero-order chi connectivity index (χ0) is 14.0. The molecule has 0 saturated carbocycles. The van der Waals surface area contributed by atoms with Crippen molar-refractivity contribution in [2.75, 3.05) is 11.8 Å². The topological polar surface area (TPSA) is 101 Å². The zero-order valence-corrected chi connectivity index (χ0v) is 11.8. The summed E-state index contributed by atoms with van der Waals surface area (Å²) in [4.78, 5) is 17.0. The van der Waals surface area contributed by atoms with Crippen LogP contribution in [-0.2, 0) is 10.0 Å². The monoisotopic (exact) mass is 301 g/mol. The second-order valence-corrected chi connectivity index (χ2v) is 6.48. The number of aromatic nitrogens is 2. The van der Waals surface area contributed by atoms with Crippen LogP contribution in [0.1, 0.15) is 5.69 Å². The van der Waals surface area contributed by atoms with Crippen LogP contribution in [0.5, 0.6) is 5.88 Å². The summed E-state index contributed by atoms with van der Waals surface area (Å²) in [6.07, 6.45) is 1.33. The highest BCUT2D eigenvalue weighted by Crippen LogP contribution is 2.20. The fraction of sp³-hybridized carbons (Fsp3) is 0.200. The van der Waals surface area contributed by atoms with Crippen LogP contribution in [0.2, 0.25) is 0 Å². The van der Waals surface area contributed by atoms with Crippen LogP contribution >= 0.6 is 11.3 Å². The number of nitrogens with one attached hydrogen (secondary N) is 2. The summed E-state index contributed by atoms with van der Waals surface area (Å²) in [6.45, 7) is 1.53. The molecule has 0 saturated heterocycles. The van der Waals surface area contributed by atoms with Crippen LogP contribution in [0, 0.1) is 6.92 Å². The van der Waals surface area contributed by atoms with Gasteiger partial charge in [-0.25, -0.2) is 13.4 Å². The summed E-state index contributed by atoms with van der Waals surface area (Å²) in [5.74, 6) is 0.380. The second kappa shape index (κ2) is 5.02. The predicted molar refractivity (Wildman–Crippen MR) is 71.3 cm³/mol. The van der Waals surface area contributed by atoms with Crippen LogP contribution in [-0.4, -0.2) is 25.5 Å². The van der Waals surface area contributed by atoms with Gasteiger partial charge in [0.25, 0.3) is 10.0 Å². The third-order valence-electron chi connectivity index (χ3n) is 2.22. The first-order chi connectivity index (χ1) is 8.92. The largest absolute Gasteiger partial charge is 0.481 e. The molecule has 19 heavy (non-hydrogen) atoms. The van der Waals surface area contributed by atoms with Crippen LogP contribution in [0.15, 0.2) is 27.3 Å². The number of hydrogen-bond donors (Lipinski definition) is 2. The maximum atomic E-state index is 12.1. The van der Waals surface area contributed by atoms with Gasteiger partial charge in [-0.1, -0.05) is 11.3 Å². The minimum absolute atomic E-state index is 0.0340. The van der Waals surface area contributed by atoms with Crippen molar-refractivity contribution in [1.82, 2.24) is 9.97 Å². The lowest BCUT2D eigenvalue weighted by molar-refractivity contribution is 0.398. The Morgan fingerprint density at radius 2 is 2.16 bits per heavy atom. The second-order valence-electron chi connectivity index (χ2n) is 3.62. The van der Waals surface area contributed by atoms with E-state index < -0.39 is 14.9 Å². The smallest absolute Gasteiger partial charge is 0.306 e. The van der Waals surface area contributed by atoms with Crippen molar-refractivity contribution in [2.45, 2.75) is 11.1 Å². The number of pyridine rings is 1. The zero-order valence-electron chi connectivity index (χ0n) is 10.1. The van der Waals surface area contributed by atoms with Gasteiger partial charge in [0.05, 0.1) is 19.0 Å². The lowest BCUT2D eigenvalue weighted by Crippen LogP contribution is -2.12. The Balaban J connectivity index is 2.30. The predicted octanol–water partition coefficient (Wildman–Crippen LogP) is 0.949. The van der Waals surface area contributed by atoms with E-state index in [1.54, 1.807) is 0 Å². The molecule has 0 aromatic carbocycles. The molecule has 0 amide bonds. The van der Waals surface area contributed by atoms with Gasteiger partial charge >= 0.3 is 4.87 Å². The summed E-state index contributed by atoms with van der Waals surface area (Å²) in [6, 6.07) is 3.05. The highest BCUT2D eigenvalue weighted by atomic mass is 32.2. The van der Waals surface area contributed by atoms with E-state index in [1.807, 2.05) is 0 Å². The molecule has 0 unspecified atom stereocenters. The van der Waals surface area contributed by atoms with Crippen molar-refractivity contribution < 1.29 is 13.2 Å². The fourth-order valence-corrected chi connectivity index (χ4v) is 3.76. The van der Waals surface area contributed by atoms with Gasteiger partial charge in [-0.05, 0) is 13.0 Å². The number of aromatic amines is 1. The fourth-order valence-electron chi connectivity index (χ4n) is 1.41. The van der Waals surface area contributed by atoms with Gasteiger partial charge in [0, 0.05) is 11.8 Å². The molecule has 2 heterocycles. The summed E-state index contributed by atoms with van der Waals surface area (Å²) in [5.41, 5.74) is 0.602. The molecule has 0 aliphatic heterocycles. The van der Waals surface area contributed by atoms with Crippen molar-refractivity contribution in [3.05, 3.63) is 33.7 Å². The molecular formula is C10H11N3O4S2. The van der Waals surface area contributed by atoms with Gasteiger partial charge in [-0.3, -0.25) is 9.52 Å². The van der Waals surface area contributed by atoms with Crippen LogP contribution in [0.25, 0.3) is 0 Å². The number of H-pyrrole nitrogens is 1. The maximum Gasteiger partial charge on any atom is 0.306 e. The van der Waals surface area contributed by atoms with E-state index in [4.69, 9.17) is 4.74 Å². The highest BCUT2D eigenvalue weighted by molar-refractivity contribution is 7.94. The first-order valence-corrected chi connectivity index (χ1v) is 7.45. The van der Waals surface area contributed by atoms with E-state index in [0.29, 0.717) is 28.6 Å². The minimum Gasteiger partial charge on any atom is -0.481 e. The Morgan fingerprint density at radius 3 is 2.63 bits per heavy atom. The van der Waals surface area contributed by atoms with Crippen molar-refractivity contribution in [3.63, 3.8) is 0 Å². The summed E-state index contributed by atoms with van der Waals surface area (Å²) in [5, 5.41) is 0. The van der Waals surface area contributed by atoms with Crippen molar-refractivity contribution in [3.8, 4) is 5.88 Å². The van der Waals surface area contributed by atoms with Gasteiger partial charge in [-0.15, -0.1) is 0 Å². The van der Waals surface area contributed by atoms with E-state index >= 15 is 0 Å². The lowest BCUT2D eigenvalue weighted by atomic mass is 10.4. The standard InChI is InChI=1S/C10H11N3O4S2/c1-6-9(18-10(14)12-6)19(15,16)13-7-3-4-8(17-2)11-5-7/h3-5,13H,1-2H3,(H,12,14). The Morgan fingerprint density at radius 1 is 1.42 bits per heavy atom. The molecule has 102 valence electrons. The quantitative estimate of drug-likeness (QED) is 0.875. The maximum absolute atomic E-state index is 12.1. The molecule has 0 spiro atoms. The Kier molecular flexibility index (Phi) is 3.58. The molecule has 0 fully saturated rings. The lowest BCUT2D eigenvalue weighted by Gasteiger charge is -2.06. The first-order valence-electron chi connectivity index (χ1n) is 5.15. The van der Waals surface area contributed by atoms with Gasteiger partial charge in [0.15, 0.2) is 4.21 Å². The number of rotatable bonds is 4. The van der Waals surface area contributed by atoms with Crippen LogP contribution in [0.3, 0.4) is 0 Å². The van der Waals surface area contributed by atoms with Crippen molar-refractivity contribution >= 4 is 27.0 Å². The van der Waals surface area contributed by atoms with E-state index in [2.05, 4.69) is 14.7 Å². The molecular weight excluding hydrogens is 290 g/mol. The summed E-state index contributed by atoms with van der Waals surface area (Å²) < 4.78 is 31.3. The number of methoxy groups -OCH3 is 1. The van der Waals surface area contributed by atoms with Gasteiger partial charge in [-0.2, -0.15) is 0 Å².